The van der Waals surface area contributed by atoms with E-state index in [1.807, 2.05) is 0 Å². The van der Waals surface area contributed by atoms with Crippen LogP contribution in [0.5, 0.6) is 0 Å². The average Bonchev–Trinajstić information content (AvgIpc) is 2.66. The number of hydrogen-bond acceptors (Lipinski definition) is 1. The molecule has 0 unspecified atom stereocenters. The Morgan fingerprint density at radius 1 is 0.720 bits per heavy atom. The maximum Gasteiger partial charge on any atom is 0.0651 e. The maximum atomic E-state index is 5.99. The molecule has 0 radical (unpaired) electrons. The van der Waals surface area contributed by atoms with Gasteiger partial charge in [0.05, 0.1) is 12.7 Å². The largest absolute Gasteiger partial charge is 0.374 e. The Bertz CT molecular complexity index is 368. The van der Waals surface area contributed by atoms with Gasteiger partial charge < -0.3 is 4.74 Å². The average molecular weight is 347 g/mol. The second kappa shape index (κ2) is 12.7. The first-order valence-electron chi connectivity index (χ1n) is 11.2. The predicted octanol–water partition coefficient (Wildman–Crippen LogP) is 7.47. The van der Waals surface area contributed by atoms with Gasteiger partial charge in [0.1, 0.15) is 0 Å². The summed E-state index contributed by atoms with van der Waals surface area (Å²) in [6.07, 6.45) is 27.7. The molecule has 0 aliphatic heterocycles. The minimum Gasteiger partial charge on any atom is -0.374 e. The normalized spacial score (nSPS) is 31.1. The molecular weight excluding hydrogens is 304 g/mol. The smallest absolute Gasteiger partial charge is 0.0651 e. The molecule has 0 N–H and O–H groups in total. The van der Waals surface area contributed by atoms with E-state index in [1.165, 1.54) is 77.0 Å². The number of hydrogen-bond donors (Lipinski definition) is 0. The summed E-state index contributed by atoms with van der Waals surface area (Å²) >= 11 is 0. The van der Waals surface area contributed by atoms with Gasteiger partial charge >= 0.3 is 0 Å². The maximum absolute atomic E-state index is 5.99. The van der Waals surface area contributed by atoms with E-state index >= 15 is 0 Å². The van der Waals surface area contributed by atoms with Gasteiger partial charge in [-0.2, -0.15) is 0 Å². The Hall–Kier alpha value is -0.560. The van der Waals surface area contributed by atoms with Crippen molar-refractivity contribution in [2.24, 2.45) is 17.8 Å². The summed E-state index contributed by atoms with van der Waals surface area (Å²) in [6, 6.07) is 0. The van der Waals surface area contributed by atoms with E-state index in [0.29, 0.717) is 6.10 Å². The molecule has 0 aromatic heterocycles. The fourth-order valence-corrected chi connectivity index (χ4v) is 4.79. The van der Waals surface area contributed by atoms with Crippen LogP contribution in [0.2, 0.25) is 0 Å². The summed E-state index contributed by atoms with van der Waals surface area (Å²) < 4.78 is 5.99. The van der Waals surface area contributed by atoms with Crippen molar-refractivity contribution < 1.29 is 4.74 Å². The lowest BCUT2D eigenvalue weighted by Crippen LogP contribution is -2.22. The lowest BCUT2D eigenvalue weighted by Gasteiger charge is -2.32. The van der Waals surface area contributed by atoms with Crippen molar-refractivity contribution in [3.8, 4) is 0 Å². The molecule has 2 saturated carbocycles. The van der Waals surface area contributed by atoms with Crippen LogP contribution in [-0.4, -0.2) is 12.7 Å². The van der Waals surface area contributed by atoms with E-state index < -0.39 is 0 Å². The molecule has 144 valence electrons. The molecule has 2 aliphatic rings. The summed E-state index contributed by atoms with van der Waals surface area (Å²) in [5.74, 6) is 3.03. The summed E-state index contributed by atoms with van der Waals surface area (Å²) in [5, 5.41) is 0. The van der Waals surface area contributed by atoms with Gasteiger partial charge in [0, 0.05) is 0 Å². The third-order valence-electron chi connectivity index (χ3n) is 6.55. The standard InChI is InChI=1S/C24H42O/c1-3-5-7-9-21-10-12-22(13-11-21)14-15-23-16-18-24(19-17-23)25-20-8-6-4-2/h3,5-6,8,21-24H,4,7,9-20H2,1-2H3. The molecule has 0 saturated heterocycles. The summed E-state index contributed by atoms with van der Waals surface area (Å²) in [6.45, 7) is 5.14. The van der Waals surface area contributed by atoms with Crippen LogP contribution in [0.15, 0.2) is 24.3 Å². The molecule has 2 rings (SSSR count). The molecule has 1 nitrogen and oxygen atoms in total. The highest BCUT2D eigenvalue weighted by molar-refractivity contribution is 4.82. The summed E-state index contributed by atoms with van der Waals surface area (Å²) in [4.78, 5) is 0. The minimum absolute atomic E-state index is 0.533. The van der Waals surface area contributed by atoms with Gasteiger partial charge in [-0.3, -0.25) is 0 Å². The van der Waals surface area contributed by atoms with Gasteiger partial charge in [-0.15, -0.1) is 0 Å². The highest BCUT2D eigenvalue weighted by atomic mass is 16.5. The molecule has 0 amide bonds. The fourth-order valence-electron chi connectivity index (χ4n) is 4.79. The molecule has 0 spiro atoms. The molecule has 1 heteroatoms. The topological polar surface area (TPSA) is 9.23 Å². The van der Waals surface area contributed by atoms with Crippen LogP contribution in [0.4, 0.5) is 0 Å². The lowest BCUT2D eigenvalue weighted by atomic mass is 9.76. The molecule has 25 heavy (non-hydrogen) atoms. The van der Waals surface area contributed by atoms with Crippen molar-refractivity contribution in [1.82, 2.24) is 0 Å². The van der Waals surface area contributed by atoms with E-state index in [-0.39, 0.29) is 0 Å². The van der Waals surface area contributed by atoms with Crippen LogP contribution in [0.3, 0.4) is 0 Å². The molecule has 0 aromatic rings. The van der Waals surface area contributed by atoms with Gasteiger partial charge in [0.2, 0.25) is 0 Å². The van der Waals surface area contributed by atoms with E-state index in [4.69, 9.17) is 4.74 Å². The molecule has 0 bridgehead atoms. The van der Waals surface area contributed by atoms with Crippen molar-refractivity contribution in [2.45, 2.75) is 103 Å². The summed E-state index contributed by atoms with van der Waals surface area (Å²) in [7, 11) is 0. The van der Waals surface area contributed by atoms with Crippen molar-refractivity contribution in [3.05, 3.63) is 24.3 Å². The third-order valence-corrected chi connectivity index (χ3v) is 6.55. The van der Waals surface area contributed by atoms with Crippen molar-refractivity contribution >= 4 is 0 Å². The Kier molecular flexibility index (Phi) is 10.6. The van der Waals surface area contributed by atoms with Crippen molar-refractivity contribution in [2.75, 3.05) is 6.61 Å². The zero-order chi connectivity index (χ0) is 17.7. The Morgan fingerprint density at radius 3 is 1.84 bits per heavy atom. The Morgan fingerprint density at radius 2 is 1.28 bits per heavy atom. The second-order valence-corrected chi connectivity index (χ2v) is 8.47. The van der Waals surface area contributed by atoms with Crippen LogP contribution >= 0.6 is 0 Å². The van der Waals surface area contributed by atoms with Gasteiger partial charge in [-0.05, 0) is 69.6 Å². The summed E-state index contributed by atoms with van der Waals surface area (Å²) in [5.41, 5.74) is 0. The number of rotatable bonds is 10. The zero-order valence-electron chi connectivity index (χ0n) is 16.9. The third kappa shape index (κ3) is 8.58. The first-order valence-corrected chi connectivity index (χ1v) is 11.2. The monoisotopic (exact) mass is 346 g/mol. The highest BCUT2D eigenvalue weighted by Crippen LogP contribution is 2.37. The Balaban J connectivity index is 1.51. The van der Waals surface area contributed by atoms with Crippen molar-refractivity contribution in [1.29, 1.82) is 0 Å². The first kappa shape index (κ1) is 20.7. The second-order valence-electron chi connectivity index (χ2n) is 8.47. The zero-order valence-corrected chi connectivity index (χ0v) is 16.9. The van der Waals surface area contributed by atoms with Crippen LogP contribution in [0, 0.1) is 17.8 Å². The van der Waals surface area contributed by atoms with Gasteiger partial charge in [0.15, 0.2) is 0 Å². The SMILES string of the molecule is CC=CCCC1CCC(CCC2CCC(OCC=CCC)CC2)CC1. The van der Waals surface area contributed by atoms with E-state index in [2.05, 4.69) is 38.2 Å². The molecule has 2 aliphatic carbocycles. The van der Waals surface area contributed by atoms with Crippen LogP contribution in [-0.2, 0) is 4.74 Å². The molecule has 0 heterocycles. The van der Waals surface area contributed by atoms with Gasteiger partial charge in [-0.25, -0.2) is 0 Å². The molecule has 0 aromatic carbocycles. The number of allylic oxidation sites excluding steroid dienone is 3. The minimum atomic E-state index is 0.533. The quantitative estimate of drug-likeness (QED) is 0.373. The molecular formula is C24H42O. The van der Waals surface area contributed by atoms with E-state index in [0.717, 1.165) is 30.8 Å². The van der Waals surface area contributed by atoms with Gasteiger partial charge in [-0.1, -0.05) is 69.8 Å². The first-order chi connectivity index (χ1) is 12.3. The predicted molar refractivity (Wildman–Crippen MR) is 110 cm³/mol. The van der Waals surface area contributed by atoms with E-state index in [1.54, 1.807) is 0 Å². The van der Waals surface area contributed by atoms with Crippen LogP contribution in [0.25, 0.3) is 0 Å². The Labute approximate surface area is 157 Å². The highest BCUT2D eigenvalue weighted by Gasteiger charge is 2.24. The van der Waals surface area contributed by atoms with Gasteiger partial charge in [0.25, 0.3) is 0 Å². The molecule has 2 fully saturated rings. The molecule has 0 atom stereocenters. The fraction of sp³-hybridized carbons (Fsp3) is 0.833. The van der Waals surface area contributed by atoms with Crippen LogP contribution in [0.1, 0.15) is 97.3 Å². The lowest BCUT2D eigenvalue weighted by molar-refractivity contribution is 0.0324. The van der Waals surface area contributed by atoms with Crippen LogP contribution < -0.4 is 0 Å². The van der Waals surface area contributed by atoms with E-state index in [9.17, 15) is 0 Å². The van der Waals surface area contributed by atoms with Crippen molar-refractivity contribution in [3.63, 3.8) is 0 Å². The number of ether oxygens (including phenoxy) is 1.